The molecule has 0 aromatic rings. The van der Waals surface area contributed by atoms with E-state index in [0.717, 1.165) is 6.42 Å². The van der Waals surface area contributed by atoms with Crippen molar-refractivity contribution in [2.24, 2.45) is 23.0 Å². The average molecular weight is 214 g/mol. The lowest BCUT2D eigenvalue weighted by atomic mass is 9.71. The maximum Gasteiger partial charge on any atom is 0.0223 e. The zero-order chi connectivity index (χ0) is 12.2. The molecule has 0 bridgehead atoms. The molecule has 0 saturated carbocycles. The first kappa shape index (κ1) is 14.9. The molecule has 0 aliphatic heterocycles. The second kappa shape index (κ2) is 5.86. The van der Waals surface area contributed by atoms with Crippen LogP contribution in [0.5, 0.6) is 0 Å². The number of rotatable bonds is 5. The van der Waals surface area contributed by atoms with Crippen molar-refractivity contribution in [3.05, 3.63) is 0 Å². The summed E-state index contributed by atoms with van der Waals surface area (Å²) in [5.41, 5.74) is 6.65. The molecule has 0 saturated heterocycles. The van der Waals surface area contributed by atoms with Gasteiger partial charge in [-0.3, -0.25) is 0 Å². The van der Waals surface area contributed by atoms with Crippen LogP contribution in [0.15, 0.2) is 0 Å². The SMILES string of the molecule is CCC(NC)C(N)C(C)C(C)C(C)(C)C. The summed E-state index contributed by atoms with van der Waals surface area (Å²) in [4.78, 5) is 0. The first-order chi connectivity index (χ1) is 6.75. The highest BCUT2D eigenvalue weighted by molar-refractivity contribution is 4.87. The minimum absolute atomic E-state index is 0.245. The van der Waals surface area contributed by atoms with Crippen LogP contribution in [-0.2, 0) is 0 Å². The van der Waals surface area contributed by atoms with Crippen LogP contribution in [0.1, 0.15) is 48.0 Å². The molecule has 0 fully saturated rings. The topological polar surface area (TPSA) is 38.0 Å². The molecule has 4 atom stereocenters. The van der Waals surface area contributed by atoms with Crippen LogP contribution >= 0.6 is 0 Å². The molecule has 0 radical (unpaired) electrons. The minimum atomic E-state index is 0.245. The normalized spacial score (nSPS) is 20.8. The third-order valence-electron chi connectivity index (χ3n) is 4.04. The van der Waals surface area contributed by atoms with E-state index >= 15 is 0 Å². The zero-order valence-electron chi connectivity index (χ0n) is 11.6. The van der Waals surface area contributed by atoms with Gasteiger partial charge in [0.25, 0.3) is 0 Å². The Bertz CT molecular complexity index is 168. The summed E-state index contributed by atoms with van der Waals surface area (Å²) in [6.45, 7) is 13.7. The Labute approximate surface area is 96.0 Å². The Hall–Kier alpha value is -0.0800. The standard InChI is InChI=1S/C13H30N2/c1-8-11(15-7)12(14)9(2)10(3)13(4,5)6/h9-12,15H,8,14H2,1-7H3. The Balaban J connectivity index is 4.49. The summed E-state index contributed by atoms with van der Waals surface area (Å²) in [6.07, 6.45) is 1.10. The molecule has 0 heterocycles. The van der Waals surface area contributed by atoms with Crippen molar-refractivity contribution < 1.29 is 0 Å². The Morgan fingerprint density at radius 1 is 1.20 bits per heavy atom. The predicted octanol–water partition coefficient (Wildman–Crippen LogP) is 2.63. The molecular formula is C13H30N2. The van der Waals surface area contributed by atoms with Crippen LogP contribution in [0.4, 0.5) is 0 Å². The molecule has 2 heteroatoms. The van der Waals surface area contributed by atoms with Gasteiger partial charge in [0.15, 0.2) is 0 Å². The van der Waals surface area contributed by atoms with Crippen LogP contribution < -0.4 is 11.1 Å². The second-order valence-electron chi connectivity index (χ2n) is 5.89. The van der Waals surface area contributed by atoms with E-state index in [1.165, 1.54) is 0 Å². The van der Waals surface area contributed by atoms with Crippen molar-refractivity contribution in [3.8, 4) is 0 Å². The van der Waals surface area contributed by atoms with Crippen molar-refractivity contribution in [2.75, 3.05) is 7.05 Å². The summed E-state index contributed by atoms with van der Waals surface area (Å²) in [6, 6.07) is 0.680. The van der Waals surface area contributed by atoms with E-state index in [9.17, 15) is 0 Å². The molecule has 0 aliphatic rings. The molecular weight excluding hydrogens is 184 g/mol. The summed E-state index contributed by atoms with van der Waals surface area (Å²) in [5.74, 6) is 1.18. The van der Waals surface area contributed by atoms with Crippen LogP contribution in [-0.4, -0.2) is 19.1 Å². The van der Waals surface area contributed by atoms with Gasteiger partial charge in [0.2, 0.25) is 0 Å². The van der Waals surface area contributed by atoms with Crippen molar-refractivity contribution in [1.82, 2.24) is 5.32 Å². The van der Waals surface area contributed by atoms with E-state index in [2.05, 4.69) is 46.9 Å². The molecule has 0 amide bonds. The van der Waals surface area contributed by atoms with Gasteiger partial charge in [-0.15, -0.1) is 0 Å². The number of hydrogen-bond acceptors (Lipinski definition) is 2. The molecule has 3 N–H and O–H groups in total. The number of likely N-dealkylation sites (N-methyl/N-ethyl adjacent to an activating group) is 1. The predicted molar refractivity (Wildman–Crippen MR) is 68.9 cm³/mol. The molecule has 0 spiro atoms. The van der Waals surface area contributed by atoms with Crippen LogP contribution in [0.25, 0.3) is 0 Å². The number of nitrogens with two attached hydrogens (primary N) is 1. The van der Waals surface area contributed by atoms with E-state index in [4.69, 9.17) is 5.73 Å². The average Bonchev–Trinajstić information content (AvgIpc) is 2.15. The van der Waals surface area contributed by atoms with Crippen molar-refractivity contribution in [1.29, 1.82) is 0 Å². The van der Waals surface area contributed by atoms with E-state index in [1.807, 2.05) is 7.05 Å². The van der Waals surface area contributed by atoms with Gasteiger partial charge >= 0.3 is 0 Å². The number of nitrogens with one attached hydrogen (secondary N) is 1. The maximum atomic E-state index is 6.32. The molecule has 0 aromatic carbocycles. The molecule has 92 valence electrons. The third-order valence-corrected chi connectivity index (χ3v) is 4.04. The molecule has 4 unspecified atom stereocenters. The lowest BCUT2D eigenvalue weighted by Gasteiger charge is -2.38. The zero-order valence-corrected chi connectivity index (χ0v) is 11.6. The second-order valence-corrected chi connectivity index (χ2v) is 5.89. The van der Waals surface area contributed by atoms with Crippen molar-refractivity contribution >= 4 is 0 Å². The fourth-order valence-electron chi connectivity index (χ4n) is 2.16. The third kappa shape index (κ3) is 4.12. The van der Waals surface area contributed by atoms with Crippen molar-refractivity contribution in [3.63, 3.8) is 0 Å². The van der Waals surface area contributed by atoms with E-state index < -0.39 is 0 Å². The Kier molecular flexibility index (Phi) is 5.82. The van der Waals surface area contributed by atoms with E-state index in [0.29, 0.717) is 23.3 Å². The molecule has 15 heavy (non-hydrogen) atoms. The smallest absolute Gasteiger partial charge is 0.0223 e. The fraction of sp³-hybridized carbons (Fsp3) is 1.00. The van der Waals surface area contributed by atoms with Crippen molar-refractivity contribution in [2.45, 2.75) is 60.0 Å². The first-order valence-electron chi connectivity index (χ1n) is 6.18. The van der Waals surface area contributed by atoms with Gasteiger partial charge in [0.1, 0.15) is 0 Å². The largest absolute Gasteiger partial charge is 0.326 e. The highest BCUT2D eigenvalue weighted by atomic mass is 14.9. The summed E-state index contributed by atoms with van der Waals surface area (Å²) >= 11 is 0. The summed E-state index contributed by atoms with van der Waals surface area (Å²) in [7, 11) is 2.00. The van der Waals surface area contributed by atoms with E-state index in [1.54, 1.807) is 0 Å². The van der Waals surface area contributed by atoms with Gasteiger partial charge in [-0.1, -0.05) is 41.5 Å². The van der Waals surface area contributed by atoms with Gasteiger partial charge in [-0.25, -0.2) is 0 Å². The van der Waals surface area contributed by atoms with Crippen LogP contribution in [0.2, 0.25) is 0 Å². The fourth-order valence-corrected chi connectivity index (χ4v) is 2.16. The highest BCUT2D eigenvalue weighted by Gasteiger charge is 2.31. The van der Waals surface area contributed by atoms with Gasteiger partial charge < -0.3 is 11.1 Å². The van der Waals surface area contributed by atoms with Gasteiger partial charge in [0.05, 0.1) is 0 Å². The molecule has 0 aliphatic carbocycles. The summed E-state index contributed by atoms with van der Waals surface area (Å²) < 4.78 is 0. The molecule has 0 aromatic heterocycles. The highest BCUT2D eigenvalue weighted by Crippen LogP contribution is 2.33. The lowest BCUT2D eigenvalue weighted by Crippen LogP contribution is -2.50. The number of hydrogen-bond donors (Lipinski definition) is 2. The van der Waals surface area contributed by atoms with Crippen LogP contribution in [0.3, 0.4) is 0 Å². The Morgan fingerprint density at radius 3 is 1.93 bits per heavy atom. The van der Waals surface area contributed by atoms with Gasteiger partial charge in [-0.05, 0) is 30.7 Å². The summed E-state index contributed by atoms with van der Waals surface area (Å²) in [5, 5.41) is 3.31. The maximum absolute atomic E-state index is 6.32. The Morgan fingerprint density at radius 2 is 1.67 bits per heavy atom. The van der Waals surface area contributed by atoms with Crippen LogP contribution in [0, 0.1) is 17.3 Å². The quantitative estimate of drug-likeness (QED) is 0.738. The monoisotopic (exact) mass is 214 g/mol. The first-order valence-corrected chi connectivity index (χ1v) is 6.18. The molecule has 2 nitrogen and oxygen atoms in total. The van der Waals surface area contributed by atoms with E-state index in [-0.39, 0.29) is 6.04 Å². The lowest BCUT2D eigenvalue weighted by molar-refractivity contribution is 0.151. The molecule has 0 rings (SSSR count). The van der Waals surface area contributed by atoms with Gasteiger partial charge in [-0.2, -0.15) is 0 Å². The minimum Gasteiger partial charge on any atom is -0.326 e. The van der Waals surface area contributed by atoms with Gasteiger partial charge in [0, 0.05) is 12.1 Å².